The van der Waals surface area contributed by atoms with Gasteiger partial charge in [0.05, 0.1) is 5.69 Å². The minimum atomic E-state index is -0.246. The van der Waals surface area contributed by atoms with Crippen molar-refractivity contribution in [3.05, 3.63) is 46.8 Å². The van der Waals surface area contributed by atoms with E-state index in [4.69, 9.17) is 4.52 Å². The van der Waals surface area contributed by atoms with Gasteiger partial charge in [0.15, 0.2) is 0 Å². The Labute approximate surface area is 153 Å². The van der Waals surface area contributed by atoms with Crippen molar-refractivity contribution in [3.8, 4) is 0 Å². The molecule has 0 saturated carbocycles. The molecule has 1 aromatic heterocycles. The number of nitrogens with zero attached hydrogens (tertiary/aromatic N) is 2. The SMILES string of the molecule is CCc1noc(C)c1C(=O)Nc1ccc(C(=O)N2CCCC[C@H]2C)cc1. The van der Waals surface area contributed by atoms with Crippen LogP contribution in [-0.2, 0) is 6.42 Å². The molecular formula is C20H25N3O3. The molecule has 0 aliphatic carbocycles. The number of hydrogen-bond acceptors (Lipinski definition) is 4. The molecule has 1 atom stereocenters. The van der Waals surface area contributed by atoms with Crippen molar-refractivity contribution < 1.29 is 14.1 Å². The summed E-state index contributed by atoms with van der Waals surface area (Å²) in [5, 5.41) is 6.76. The van der Waals surface area contributed by atoms with E-state index in [1.807, 2.05) is 11.8 Å². The Bertz CT molecular complexity index is 795. The molecule has 26 heavy (non-hydrogen) atoms. The Balaban J connectivity index is 1.70. The van der Waals surface area contributed by atoms with Gasteiger partial charge < -0.3 is 14.7 Å². The molecule has 0 bridgehead atoms. The lowest BCUT2D eigenvalue weighted by atomic mass is 10.0. The number of amides is 2. The Morgan fingerprint density at radius 3 is 2.65 bits per heavy atom. The number of likely N-dealkylation sites (tertiary alicyclic amines) is 1. The van der Waals surface area contributed by atoms with E-state index in [1.54, 1.807) is 31.2 Å². The summed E-state index contributed by atoms with van der Waals surface area (Å²) in [4.78, 5) is 27.1. The third-order valence-corrected chi connectivity index (χ3v) is 4.95. The van der Waals surface area contributed by atoms with E-state index in [0.717, 1.165) is 19.4 Å². The summed E-state index contributed by atoms with van der Waals surface area (Å²) in [6.07, 6.45) is 3.92. The van der Waals surface area contributed by atoms with E-state index in [2.05, 4.69) is 17.4 Å². The Morgan fingerprint density at radius 1 is 1.27 bits per heavy atom. The molecular weight excluding hydrogens is 330 g/mol. The molecule has 1 saturated heterocycles. The molecule has 0 unspecified atom stereocenters. The number of piperidine rings is 1. The molecule has 1 aliphatic rings. The first-order valence-electron chi connectivity index (χ1n) is 9.18. The predicted molar refractivity (Wildman–Crippen MR) is 99.4 cm³/mol. The molecule has 1 aliphatic heterocycles. The fraction of sp³-hybridized carbons (Fsp3) is 0.450. The maximum atomic E-state index is 12.7. The molecule has 6 heteroatoms. The van der Waals surface area contributed by atoms with E-state index in [9.17, 15) is 9.59 Å². The van der Waals surface area contributed by atoms with Crippen LogP contribution < -0.4 is 5.32 Å². The van der Waals surface area contributed by atoms with Crippen LogP contribution in [0.3, 0.4) is 0 Å². The molecule has 2 heterocycles. The largest absolute Gasteiger partial charge is 0.361 e. The minimum absolute atomic E-state index is 0.0539. The quantitative estimate of drug-likeness (QED) is 0.905. The van der Waals surface area contributed by atoms with Crippen molar-refractivity contribution in [1.29, 1.82) is 0 Å². The second kappa shape index (κ2) is 7.72. The van der Waals surface area contributed by atoms with E-state index < -0.39 is 0 Å². The van der Waals surface area contributed by atoms with Crippen LogP contribution in [0, 0.1) is 6.92 Å². The van der Waals surface area contributed by atoms with Gasteiger partial charge in [-0.2, -0.15) is 0 Å². The highest BCUT2D eigenvalue weighted by Crippen LogP contribution is 2.21. The van der Waals surface area contributed by atoms with E-state index in [-0.39, 0.29) is 17.9 Å². The predicted octanol–water partition coefficient (Wildman–Crippen LogP) is 3.81. The van der Waals surface area contributed by atoms with Gasteiger partial charge >= 0.3 is 0 Å². The molecule has 0 spiro atoms. The van der Waals surface area contributed by atoms with Gasteiger partial charge in [-0.15, -0.1) is 0 Å². The van der Waals surface area contributed by atoms with Crippen LogP contribution in [-0.4, -0.2) is 34.5 Å². The van der Waals surface area contributed by atoms with Crippen LogP contribution >= 0.6 is 0 Å². The van der Waals surface area contributed by atoms with Gasteiger partial charge in [-0.3, -0.25) is 9.59 Å². The molecule has 0 radical (unpaired) electrons. The zero-order chi connectivity index (χ0) is 18.7. The maximum Gasteiger partial charge on any atom is 0.261 e. The highest BCUT2D eigenvalue weighted by molar-refractivity contribution is 6.06. The van der Waals surface area contributed by atoms with Crippen molar-refractivity contribution in [1.82, 2.24) is 10.1 Å². The lowest BCUT2D eigenvalue weighted by molar-refractivity contribution is 0.0635. The van der Waals surface area contributed by atoms with Gasteiger partial charge in [-0.05, 0) is 63.8 Å². The van der Waals surface area contributed by atoms with Gasteiger partial charge in [-0.25, -0.2) is 0 Å². The molecule has 138 valence electrons. The van der Waals surface area contributed by atoms with Crippen LogP contribution in [0.5, 0.6) is 0 Å². The van der Waals surface area contributed by atoms with Crippen LogP contribution in [0.2, 0.25) is 0 Å². The highest BCUT2D eigenvalue weighted by atomic mass is 16.5. The van der Waals surface area contributed by atoms with Gasteiger partial charge in [0.1, 0.15) is 11.3 Å². The van der Waals surface area contributed by atoms with Gasteiger partial charge in [0.2, 0.25) is 0 Å². The summed E-state index contributed by atoms with van der Waals surface area (Å²) in [5.41, 5.74) is 2.41. The number of benzene rings is 1. The van der Waals surface area contributed by atoms with Crippen LogP contribution in [0.4, 0.5) is 5.69 Å². The maximum absolute atomic E-state index is 12.7. The van der Waals surface area contributed by atoms with Gasteiger partial charge in [0, 0.05) is 23.8 Å². The van der Waals surface area contributed by atoms with Crippen molar-refractivity contribution in [2.75, 3.05) is 11.9 Å². The number of hydrogen-bond donors (Lipinski definition) is 1. The lowest BCUT2D eigenvalue weighted by Gasteiger charge is -2.33. The first kappa shape index (κ1) is 18.2. The number of anilines is 1. The van der Waals surface area contributed by atoms with Crippen molar-refractivity contribution in [3.63, 3.8) is 0 Å². The van der Waals surface area contributed by atoms with Gasteiger partial charge in [-0.1, -0.05) is 12.1 Å². The normalized spacial score (nSPS) is 17.2. The second-order valence-electron chi connectivity index (χ2n) is 6.79. The first-order valence-corrected chi connectivity index (χ1v) is 9.18. The van der Waals surface area contributed by atoms with Crippen LogP contribution in [0.1, 0.15) is 65.3 Å². The zero-order valence-electron chi connectivity index (χ0n) is 15.5. The third kappa shape index (κ3) is 3.64. The number of aryl methyl sites for hydroxylation is 2. The second-order valence-corrected chi connectivity index (χ2v) is 6.79. The standard InChI is InChI=1S/C20H25N3O3/c1-4-17-18(14(3)26-22-17)19(24)21-16-10-8-15(9-11-16)20(25)23-12-6-5-7-13(23)2/h8-11,13H,4-7,12H2,1-3H3,(H,21,24)/t13-/m1/s1. The molecule has 1 fully saturated rings. The fourth-order valence-electron chi connectivity index (χ4n) is 3.41. The smallest absolute Gasteiger partial charge is 0.261 e. The highest BCUT2D eigenvalue weighted by Gasteiger charge is 2.24. The Morgan fingerprint density at radius 2 is 2.00 bits per heavy atom. The summed E-state index contributed by atoms with van der Waals surface area (Å²) in [6, 6.07) is 7.32. The number of rotatable bonds is 4. The summed E-state index contributed by atoms with van der Waals surface area (Å²) < 4.78 is 5.11. The number of carbonyl (C=O) groups excluding carboxylic acids is 2. The van der Waals surface area contributed by atoms with E-state index in [0.29, 0.717) is 34.7 Å². The number of nitrogens with one attached hydrogen (secondary N) is 1. The van der Waals surface area contributed by atoms with Crippen molar-refractivity contribution in [2.24, 2.45) is 0 Å². The average Bonchev–Trinajstić information content (AvgIpc) is 3.03. The van der Waals surface area contributed by atoms with Crippen molar-refractivity contribution in [2.45, 2.75) is 52.5 Å². The summed E-state index contributed by atoms with van der Waals surface area (Å²) >= 11 is 0. The summed E-state index contributed by atoms with van der Waals surface area (Å²) in [5.74, 6) is 0.313. The number of aromatic nitrogens is 1. The van der Waals surface area contributed by atoms with Crippen LogP contribution in [0.15, 0.2) is 28.8 Å². The molecule has 1 aromatic carbocycles. The average molecular weight is 355 g/mol. The molecule has 2 aromatic rings. The Hall–Kier alpha value is -2.63. The lowest BCUT2D eigenvalue weighted by Crippen LogP contribution is -2.42. The van der Waals surface area contributed by atoms with E-state index >= 15 is 0 Å². The molecule has 2 amide bonds. The van der Waals surface area contributed by atoms with Gasteiger partial charge in [0.25, 0.3) is 11.8 Å². The van der Waals surface area contributed by atoms with Crippen molar-refractivity contribution >= 4 is 17.5 Å². The monoisotopic (exact) mass is 355 g/mol. The molecule has 6 nitrogen and oxygen atoms in total. The third-order valence-electron chi connectivity index (χ3n) is 4.95. The number of carbonyl (C=O) groups is 2. The summed E-state index contributed by atoms with van der Waals surface area (Å²) in [6.45, 7) is 6.56. The van der Waals surface area contributed by atoms with E-state index in [1.165, 1.54) is 6.42 Å². The molecule has 1 N–H and O–H groups in total. The van der Waals surface area contributed by atoms with Crippen LogP contribution in [0.25, 0.3) is 0 Å². The minimum Gasteiger partial charge on any atom is -0.361 e. The molecule has 3 rings (SSSR count). The fourth-order valence-corrected chi connectivity index (χ4v) is 3.41. The Kier molecular flexibility index (Phi) is 5.40. The summed E-state index contributed by atoms with van der Waals surface area (Å²) in [7, 11) is 0. The zero-order valence-corrected chi connectivity index (χ0v) is 15.5. The topological polar surface area (TPSA) is 75.4 Å². The first-order chi connectivity index (χ1) is 12.5.